The molecule has 0 fully saturated rings. The van der Waals surface area contributed by atoms with Crippen molar-refractivity contribution in [3.63, 3.8) is 0 Å². The first-order valence-electron chi connectivity index (χ1n) is 10.1. The molecular weight excluding hydrogens is 647 g/mol. The summed E-state index contributed by atoms with van der Waals surface area (Å²) in [4.78, 5) is 38.5. The van der Waals surface area contributed by atoms with Crippen LogP contribution in [0.5, 0.6) is 0 Å². The van der Waals surface area contributed by atoms with Crippen LogP contribution in [0.1, 0.15) is 6.42 Å². The van der Waals surface area contributed by atoms with Gasteiger partial charge in [0.15, 0.2) is 0 Å². The molecular formula is C17H33N3O7S9. The molecule has 0 bridgehead atoms. The molecule has 0 saturated heterocycles. The number of nitrogens with zero attached hydrogens (tertiary/aromatic N) is 2. The highest BCUT2D eigenvalue weighted by atomic mass is 32.3. The molecule has 0 aliphatic carbocycles. The van der Waals surface area contributed by atoms with Gasteiger partial charge in [0.05, 0.1) is 24.2 Å². The van der Waals surface area contributed by atoms with Gasteiger partial charge in [-0.2, -0.15) is 22.4 Å². The van der Waals surface area contributed by atoms with Gasteiger partial charge in [0.2, 0.25) is 12.8 Å². The molecule has 0 aliphatic heterocycles. The van der Waals surface area contributed by atoms with Crippen molar-refractivity contribution in [3.8, 4) is 0 Å². The highest BCUT2D eigenvalue weighted by Crippen LogP contribution is 2.22. The Kier molecular flexibility index (Phi) is 35.4. The molecule has 19 heteroatoms. The normalized spacial score (nSPS) is 11.4. The van der Waals surface area contributed by atoms with E-state index in [0.717, 1.165) is 30.5 Å². The summed E-state index contributed by atoms with van der Waals surface area (Å²) in [5.41, 5.74) is 0. The monoisotopic (exact) mass is 679 g/mol. The SMILES string of the molecule is O=C(NCSCSCSCSC/N=C/OOCCCO)OCSCSCSCSCOO/C=N/CS. The van der Waals surface area contributed by atoms with Gasteiger partial charge in [-0.1, -0.05) is 0 Å². The van der Waals surface area contributed by atoms with Gasteiger partial charge in [-0.25, -0.2) is 14.8 Å². The zero-order valence-electron chi connectivity index (χ0n) is 19.6. The van der Waals surface area contributed by atoms with Crippen LogP contribution in [0.15, 0.2) is 9.98 Å². The Hall–Kier alpha value is 1.24. The van der Waals surface area contributed by atoms with Crippen molar-refractivity contribution < 1.29 is 34.2 Å². The summed E-state index contributed by atoms with van der Waals surface area (Å²) < 4.78 is 5.14. The number of ether oxygens (including phenoxy) is 1. The number of hydrogen-bond acceptors (Lipinski definition) is 18. The number of nitrogens with one attached hydrogen (secondary N) is 1. The summed E-state index contributed by atoms with van der Waals surface area (Å²) in [5, 5.41) is 16.9. The molecule has 0 heterocycles. The molecule has 0 aliphatic rings. The van der Waals surface area contributed by atoms with Crippen LogP contribution in [0.2, 0.25) is 0 Å². The molecule has 0 aromatic carbocycles. The molecule has 0 radical (unpaired) electrons. The third-order valence-corrected chi connectivity index (χ3v) is 12.1. The Morgan fingerprint density at radius 3 is 2.14 bits per heavy atom. The van der Waals surface area contributed by atoms with Gasteiger partial charge in [-0.3, -0.25) is 0 Å². The molecule has 212 valence electrons. The second kappa shape index (κ2) is 34.3. The fourth-order valence-electron chi connectivity index (χ4n) is 1.36. The van der Waals surface area contributed by atoms with Gasteiger partial charge in [0.1, 0.15) is 11.9 Å². The first kappa shape index (κ1) is 37.2. The number of thiol groups is 1. The van der Waals surface area contributed by atoms with E-state index in [1.807, 2.05) is 23.5 Å². The minimum absolute atomic E-state index is 0.0800. The number of carbonyl (C=O) groups excluding carboxylic acids is 1. The second-order valence-corrected chi connectivity index (χ2v) is 15.6. The molecule has 2 N–H and O–H groups in total. The van der Waals surface area contributed by atoms with Crippen molar-refractivity contribution in [1.82, 2.24) is 5.32 Å². The van der Waals surface area contributed by atoms with Gasteiger partial charge in [-0.05, 0) is 6.42 Å². The first-order chi connectivity index (χ1) is 17.8. The maximum atomic E-state index is 11.6. The first-order valence-corrected chi connectivity index (χ1v) is 20.0. The minimum Gasteiger partial charge on any atom is -0.438 e. The quantitative estimate of drug-likeness (QED) is 0.0187. The molecule has 10 nitrogen and oxygen atoms in total. The van der Waals surface area contributed by atoms with E-state index in [-0.39, 0.29) is 12.7 Å². The predicted molar refractivity (Wildman–Crippen MR) is 171 cm³/mol. The smallest absolute Gasteiger partial charge is 0.408 e. The molecule has 1 amide bonds. The molecule has 0 aromatic rings. The van der Waals surface area contributed by atoms with Gasteiger partial charge in [0.25, 0.3) is 0 Å². The number of amides is 1. The van der Waals surface area contributed by atoms with Crippen LogP contribution < -0.4 is 5.32 Å². The Bertz CT molecular complexity index is 532. The lowest BCUT2D eigenvalue weighted by Gasteiger charge is -2.07. The van der Waals surface area contributed by atoms with Crippen molar-refractivity contribution in [2.24, 2.45) is 9.98 Å². The van der Waals surface area contributed by atoms with Crippen molar-refractivity contribution >= 4 is 126 Å². The van der Waals surface area contributed by atoms with Crippen LogP contribution in [0.4, 0.5) is 4.79 Å². The molecule has 0 unspecified atom stereocenters. The zero-order valence-corrected chi connectivity index (χ0v) is 27.0. The zero-order chi connectivity index (χ0) is 26.2. The van der Waals surface area contributed by atoms with Crippen molar-refractivity contribution in [3.05, 3.63) is 0 Å². The van der Waals surface area contributed by atoms with E-state index in [0.29, 0.717) is 42.5 Å². The Morgan fingerprint density at radius 1 is 0.806 bits per heavy atom. The second-order valence-electron chi connectivity index (χ2n) is 5.38. The number of aliphatic imine (C=N–C) groups is 2. The van der Waals surface area contributed by atoms with Crippen LogP contribution in [0.25, 0.3) is 0 Å². The van der Waals surface area contributed by atoms with Crippen molar-refractivity contribution in [2.45, 2.75) is 6.42 Å². The maximum absolute atomic E-state index is 11.6. The summed E-state index contributed by atoms with van der Waals surface area (Å²) in [6.07, 6.45) is 2.66. The summed E-state index contributed by atoms with van der Waals surface area (Å²) in [7, 11) is 0. The average molecular weight is 680 g/mol. The lowest BCUT2D eigenvalue weighted by atomic mass is 10.5. The highest BCUT2D eigenvalue weighted by molar-refractivity contribution is 8.26. The number of alkyl carbamates (subject to hydrolysis) is 1. The van der Waals surface area contributed by atoms with Crippen LogP contribution >= 0.6 is 107 Å². The lowest BCUT2D eigenvalue weighted by molar-refractivity contribution is -0.217. The standard InChI is InChI=1S/C17H33N3O7S9/c21-2-1-3-24-25-5-19-7-29-11-33-15-34-12-30-8-20-17(22)23-9-31-13-35-16-36-14-32-10-27-26-4-18-6-28/h4-5,21,28H,1-3,6-16H2,(H,20,22)/b18-4+,19-5+. The van der Waals surface area contributed by atoms with Crippen LogP contribution in [-0.4, -0.2) is 97.2 Å². The number of hydrogen-bond donors (Lipinski definition) is 3. The topological polar surface area (TPSA) is 120 Å². The number of aliphatic hydroxyl groups excluding tert-OH is 1. The predicted octanol–water partition coefficient (Wildman–Crippen LogP) is 5.38. The van der Waals surface area contributed by atoms with E-state index < -0.39 is 0 Å². The lowest BCUT2D eigenvalue weighted by Crippen LogP contribution is -2.23. The van der Waals surface area contributed by atoms with E-state index in [9.17, 15) is 4.79 Å². The van der Waals surface area contributed by atoms with E-state index in [2.05, 4.69) is 27.9 Å². The van der Waals surface area contributed by atoms with E-state index in [1.54, 1.807) is 70.6 Å². The molecule has 0 saturated carbocycles. The number of thioether (sulfide) groups is 8. The van der Waals surface area contributed by atoms with Crippen molar-refractivity contribution in [2.75, 3.05) is 73.2 Å². The average Bonchev–Trinajstić information content (AvgIpc) is 2.88. The van der Waals surface area contributed by atoms with E-state index in [1.165, 1.54) is 12.8 Å². The minimum atomic E-state index is -0.383. The van der Waals surface area contributed by atoms with E-state index >= 15 is 0 Å². The van der Waals surface area contributed by atoms with Crippen molar-refractivity contribution in [1.29, 1.82) is 0 Å². The molecule has 0 rings (SSSR count). The summed E-state index contributed by atoms with van der Waals surface area (Å²) >= 11 is 17.6. The number of rotatable bonds is 28. The van der Waals surface area contributed by atoms with Gasteiger partial charge < -0.3 is 24.9 Å². The Morgan fingerprint density at radius 2 is 1.42 bits per heavy atom. The molecule has 0 spiro atoms. The van der Waals surface area contributed by atoms with Gasteiger partial charge >= 0.3 is 6.09 Å². The number of aliphatic hydroxyl groups is 1. The third kappa shape index (κ3) is 33.3. The maximum Gasteiger partial charge on any atom is 0.408 e. The van der Waals surface area contributed by atoms with Gasteiger partial charge in [-0.15, -0.1) is 94.1 Å². The summed E-state index contributed by atoms with van der Waals surface area (Å²) in [6.45, 7) is 0.426. The molecule has 0 aromatic heterocycles. The van der Waals surface area contributed by atoms with Gasteiger partial charge in [0, 0.05) is 37.1 Å². The highest BCUT2D eigenvalue weighted by Gasteiger charge is 2.01. The molecule has 0 atom stereocenters. The summed E-state index contributed by atoms with van der Waals surface area (Å²) in [6, 6.07) is 0. The van der Waals surface area contributed by atoms with Crippen LogP contribution in [0, 0.1) is 0 Å². The van der Waals surface area contributed by atoms with Crippen LogP contribution in [-0.2, 0) is 24.3 Å². The number of carbonyl (C=O) groups is 1. The Labute approximate surface area is 252 Å². The molecule has 36 heavy (non-hydrogen) atoms. The van der Waals surface area contributed by atoms with E-state index in [4.69, 9.17) is 29.4 Å². The fraction of sp³-hybridized carbons (Fsp3) is 0.824. The largest absolute Gasteiger partial charge is 0.438 e. The van der Waals surface area contributed by atoms with Crippen LogP contribution in [0.3, 0.4) is 0 Å². The summed E-state index contributed by atoms with van der Waals surface area (Å²) in [5.74, 6) is 2.30. The Balaban J connectivity index is 3.19. The third-order valence-electron chi connectivity index (χ3n) is 2.73. The fourth-order valence-corrected chi connectivity index (χ4v) is 9.67.